The van der Waals surface area contributed by atoms with Crippen LogP contribution >= 0.6 is 0 Å². The van der Waals surface area contributed by atoms with Crippen LogP contribution in [0.2, 0.25) is 0 Å². The molecule has 0 spiro atoms. The summed E-state index contributed by atoms with van der Waals surface area (Å²) in [5.74, 6) is 0. The summed E-state index contributed by atoms with van der Waals surface area (Å²) in [7, 11) is 0. The van der Waals surface area contributed by atoms with Crippen molar-refractivity contribution in [1.82, 2.24) is 4.57 Å². The number of hydrogen-bond donors (Lipinski definition) is 0. The molecule has 0 bridgehead atoms. The van der Waals surface area contributed by atoms with Crippen LogP contribution in [0.1, 0.15) is 18.7 Å². The van der Waals surface area contributed by atoms with Gasteiger partial charge in [0.15, 0.2) is 0 Å². The van der Waals surface area contributed by atoms with Crippen molar-refractivity contribution in [2.45, 2.75) is 19.6 Å². The van der Waals surface area contributed by atoms with E-state index in [2.05, 4.69) is 124 Å². The van der Waals surface area contributed by atoms with E-state index in [1.807, 2.05) is 0 Å². The number of hydrogen-bond acceptors (Lipinski definition) is 2. The number of aromatic nitrogens is 1. The average Bonchev–Trinajstić information content (AvgIpc) is 3.44. The molecule has 0 unspecified atom stereocenters. The van der Waals surface area contributed by atoms with Gasteiger partial charge in [-0.25, -0.2) is 0 Å². The second-order valence-corrected chi connectivity index (χ2v) is 8.47. The molecular weight excluding hydrogens is 390 g/mol. The van der Waals surface area contributed by atoms with Crippen molar-refractivity contribution in [3.63, 3.8) is 0 Å². The van der Waals surface area contributed by atoms with Crippen molar-refractivity contribution in [1.29, 1.82) is 0 Å². The van der Waals surface area contributed by atoms with E-state index in [0.29, 0.717) is 0 Å². The van der Waals surface area contributed by atoms with Crippen molar-refractivity contribution >= 4 is 33.2 Å². The van der Waals surface area contributed by atoms with Crippen LogP contribution in [0.3, 0.4) is 0 Å². The monoisotopic (exact) mass is 417 g/mol. The van der Waals surface area contributed by atoms with Crippen molar-refractivity contribution in [2.24, 2.45) is 0 Å². The molecule has 158 valence electrons. The fourth-order valence-electron chi connectivity index (χ4n) is 5.34. The van der Waals surface area contributed by atoms with E-state index in [1.165, 1.54) is 38.7 Å². The van der Waals surface area contributed by atoms with E-state index in [0.717, 1.165) is 19.6 Å². The fraction of sp³-hybridized carbons (Fsp3) is 0.172. The van der Waals surface area contributed by atoms with E-state index >= 15 is 0 Å². The summed E-state index contributed by atoms with van der Waals surface area (Å²) >= 11 is 0. The quantitative estimate of drug-likeness (QED) is 0.317. The van der Waals surface area contributed by atoms with Crippen LogP contribution in [0, 0.1) is 0 Å². The van der Waals surface area contributed by atoms with E-state index in [-0.39, 0.29) is 6.17 Å². The second kappa shape index (κ2) is 7.76. The highest BCUT2D eigenvalue weighted by Crippen LogP contribution is 2.39. The number of nitrogens with zero attached hydrogens (tertiary/aromatic N) is 3. The highest BCUT2D eigenvalue weighted by atomic mass is 15.4. The highest BCUT2D eigenvalue weighted by molar-refractivity contribution is 6.08. The first-order valence-electron chi connectivity index (χ1n) is 11.5. The first-order valence-corrected chi connectivity index (χ1v) is 11.5. The second-order valence-electron chi connectivity index (χ2n) is 8.47. The largest absolute Gasteiger partial charge is 0.346 e. The first-order chi connectivity index (χ1) is 15.8. The minimum atomic E-state index is 0.160. The first kappa shape index (κ1) is 19.0. The molecule has 0 N–H and O–H groups in total. The van der Waals surface area contributed by atoms with Gasteiger partial charge in [0.05, 0.1) is 0 Å². The molecule has 2 heterocycles. The third-order valence-electron chi connectivity index (χ3n) is 6.76. The van der Waals surface area contributed by atoms with Gasteiger partial charge >= 0.3 is 0 Å². The van der Waals surface area contributed by atoms with E-state index < -0.39 is 0 Å². The molecular formula is C29H27N3. The molecule has 5 aromatic rings. The zero-order valence-electron chi connectivity index (χ0n) is 18.4. The highest BCUT2D eigenvalue weighted by Gasteiger charge is 2.34. The molecule has 3 nitrogen and oxygen atoms in total. The Bertz CT molecular complexity index is 1320. The van der Waals surface area contributed by atoms with Gasteiger partial charge in [0.25, 0.3) is 0 Å². The van der Waals surface area contributed by atoms with Crippen LogP contribution in [0.15, 0.2) is 103 Å². The molecule has 4 aromatic carbocycles. The molecule has 6 rings (SSSR count). The van der Waals surface area contributed by atoms with Crippen molar-refractivity contribution < 1.29 is 0 Å². The molecule has 0 amide bonds. The number of anilines is 2. The number of rotatable bonds is 4. The molecule has 0 aliphatic carbocycles. The molecule has 1 aromatic heterocycles. The summed E-state index contributed by atoms with van der Waals surface area (Å²) < 4.78 is 2.42. The average molecular weight is 418 g/mol. The zero-order chi connectivity index (χ0) is 21.5. The Balaban J connectivity index is 1.54. The standard InChI is InChI=1S/C29H27N3/c1-2-30-27-16-10-9-15-25(27)26-21-22(17-18-28(26)30)29-31(23-11-5-3-6-12-23)19-20-32(29)24-13-7-4-8-14-24/h3-18,21,29H,2,19-20H2,1H3. The van der Waals surface area contributed by atoms with Crippen molar-refractivity contribution in [2.75, 3.05) is 22.9 Å². The lowest BCUT2D eigenvalue weighted by Gasteiger charge is -2.33. The molecule has 0 radical (unpaired) electrons. The topological polar surface area (TPSA) is 11.4 Å². The van der Waals surface area contributed by atoms with Gasteiger partial charge in [-0.3, -0.25) is 0 Å². The smallest absolute Gasteiger partial charge is 0.128 e. The summed E-state index contributed by atoms with van der Waals surface area (Å²) in [6.45, 7) is 5.20. The van der Waals surface area contributed by atoms with Gasteiger partial charge in [-0.05, 0) is 55.0 Å². The Labute approximate surface area is 189 Å². The molecule has 32 heavy (non-hydrogen) atoms. The van der Waals surface area contributed by atoms with E-state index in [4.69, 9.17) is 0 Å². The molecule has 1 aliphatic heterocycles. The lowest BCUT2D eigenvalue weighted by molar-refractivity contribution is 0.718. The van der Waals surface area contributed by atoms with Crippen LogP contribution < -0.4 is 9.80 Å². The molecule has 0 saturated carbocycles. The number of benzene rings is 4. The lowest BCUT2D eigenvalue weighted by Crippen LogP contribution is -2.30. The maximum absolute atomic E-state index is 2.53. The van der Waals surface area contributed by atoms with Gasteiger partial charge in [-0.15, -0.1) is 0 Å². The Kier molecular flexibility index (Phi) is 4.61. The predicted molar refractivity (Wildman–Crippen MR) is 135 cm³/mol. The lowest BCUT2D eigenvalue weighted by atomic mass is 10.1. The number of para-hydroxylation sites is 3. The summed E-state index contributed by atoms with van der Waals surface area (Å²) in [5.41, 5.74) is 6.50. The van der Waals surface area contributed by atoms with Crippen molar-refractivity contribution in [3.05, 3.63) is 109 Å². The van der Waals surface area contributed by atoms with E-state index in [9.17, 15) is 0 Å². The van der Waals surface area contributed by atoms with Gasteiger partial charge in [0.1, 0.15) is 6.17 Å². The maximum Gasteiger partial charge on any atom is 0.128 e. The normalized spacial score (nSPS) is 14.7. The Morgan fingerprint density at radius 1 is 0.625 bits per heavy atom. The summed E-state index contributed by atoms with van der Waals surface area (Å²) in [6.07, 6.45) is 0.160. The summed E-state index contributed by atoms with van der Waals surface area (Å²) in [5, 5.41) is 2.68. The maximum atomic E-state index is 2.53. The fourth-order valence-corrected chi connectivity index (χ4v) is 5.34. The molecule has 1 saturated heterocycles. The number of aryl methyl sites for hydroxylation is 1. The van der Waals surface area contributed by atoms with Gasteiger partial charge < -0.3 is 14.4 Å². The predicted octanol–water partition coefficient (Wildman–Crippen LogP) is 6.84. The SMILES string of the molecule is CCn1c2ccccc2c2cc(C3N(c4ccccc4)CCN3c3ccccc3)ccc21. The van der Waals surface area contributed by atoms with Crippen LogP contribution in [0.25, 0.3) is 21.8 Å². The van der Waals surface area contributed by atoms with Gasteiger partial charge in [-0.1, -0.05) is 60.7 Å². The molecule has 1 aliphatic rings. The minimum Gasteiger partial charge on any atom is -0.346 e. The van der Waals surface area contributed by atoms with E-state index in [1.54, 1.807) is 0 Å². The molecule has 0 atom stereocenters. The van der Waals surface area contributed by atoms with Gasteiger partial charge in [0.2, 0.25) is 0 Å². The van der Waals surface area contributed by atoms with Gasteiger partial charge in [0, 0.05) is 52.8 Å². The summed E-state index contributed by atoms with van der Waals surface area (Å²) in [4.78, 5) is 5.07. The number of fused-ring (bicyclic) bond motifs is 3. The van der Waals surface area contributed by atoms with Crippen LogP contribution in [0.5, 0.6) is 0 Å². The van der Waals surface area contributed by atoms with Crippen molar-refractivity contribution in [3.8, 4) is 0 Å². The van der Waals surface area contributed by atoms with Crippen LogP contribution in [-0.2, 0) is 6.54 Å². The Morgan fingerprint density at radius 2 is 1.19 bits per heavy atom. The third kappa shape index (κ3) is 2.96. The minimum absolute atomic E-state index is 0.160. The Hall–Kier alpha value is -3.72. The third-order valence-corrected chi connectivity index (χ3v) is 6.76. The zero-order valence-corrected chi connectivity index (χ0v) is 18.4. The molecule has 1 fully saturated rings. The summed E-state index contributed by atoms with van der Waals surface area (Å²) in [6, 6.07) is 37.5. The molecule has 3 heteroatoms. The van der Waals surface area contributed by atoms with Crippen LogP contribution in [0.4, 0.5) is 11.4 Å². The van der Waals surface area contributed by atoms with Crippen LogP contribution in [-0.4, -0.2) is 17.7 Å². The Morgan fingerprint density at radius 3 is 1.81 bits per heavy atom. The van der Waals surface area contributed by atoms with Gasteiger partial charge in [-0.2, -0.15) is 0 Å².